The van der Waals surface area contributed by atoms with E-state index in [9.17, 15) is 9.18 Å². The van der Waals surface area contributed by atoms with E-state index in [2.05, 4.69) is 9.97 Å². The molecule has 3 heterocycles. The molecule has 0 unspecified atom stereocenters. The first-order valence-electron chi connectivity index (χ1n) is 11.6. The van der Waals surface area contributed by atoms with E-state index in [1.165, 1.54) is 12.1 Å². The number of rotatable bonds is 6. The zero-order chi connectivity index (χ0) is 25.3. The predicted molar refractivity (Wildman–Crippen MR) is 135 cm³/mol. The topological polar surface area (TPSA) is 69.9 Å². The van der Waals surface area contributed by atoms with Gasteiger partial charge in [0.1, 0.15) is 24.0 Å². The fraction of sp³-hybridized carbons (Fsp3) is 0.286. The smallest absolute Gasteiger partial charge is 0.261 e. The van der Waals surface area contributed by atoms with Gasteiger partial charge in [-0.05, 0) is 62.6 Å². The molecule has 4 aromatic rings. The Morgan fingerprint density at radius 2 is 1.66 bits per heavy atom. The molecule has 0 saturated carbocycles. The quantitative estimate of drug-likeness (QED) is 0.357. The lowest BCUT2D eigenvalue weighted by Crippen LogP contribution is -2.24. The van der Waals surface area contributed by atoms with Gasteiger partial charge in [0.25, 0.3) is 5.56 Å². The highest BCUT2D eigenvalue weighted by atomic mass is 19.1. The SMILES string of the molecule is Cc1cnc(-c2nc(C(C)C)ncc2C)cc1-n1c(C)cc(OCc2ccc(F)cc2)c(C)c1=O. The molecule has 0 amide bonds. The lowest BCUT2D eigenvalue weighted by molar-refractivity contribution is 0.302. The molecule has 35 heavy (non-hydrogen) atoms. The van der Waals surface area contributed by atoms with E-state index in [1.54, 1.807) is 29.8 Å². The Morgan fingerprint density at radius 3 is 2.34 bits per heavy atom. The molecule has 0 saturated heterocycles. The summed E-state index contributed by atoms with van der Waals surface area (Å²) in [5.41, 5.74) is 5.86. The number of ether oxygens (including phenoxy) is 1. The second kappa shape index (κ2) is 9.78. The van der Waals surface area contributed by atoms with Gasteiger partial charge in [-0.15, -0.1) is 0 Å². The zero-order valence-corrected chi connectivity index (χ0v) is 20.9. The molecule has 1 aromatic carbocycles. The van der Waals surface area contributed by atoms with Crippen LogP contribution in [-0.2, 0) is 6.61 Å². The van der Waals surface area contributed by atoms with Gasteiger partial charge in [0.2, 0.25) is 0 Å². The Bertz CT molecular complexity index is 1440. The summed E-state index contributed by atoms with van der Waals surface area (Å²) in [6.07, 6.45) is 3.58. The zero-order valence-electron chi connectivity index (χ0n) is 20.9. The third-order valence-corrected chi connectivity index (χ3v) is 5.96. The molecule has 0 fully saturated rings. The largest absolute Gasteiger partial charge is 0.488 e. The lowest BCUT2D eigenvalue weighted by atomic mass is 10.1. The van der Waals surface area contributed by atoms with Gasteiger partial charge >= 0.3 is 0 Å². The van der Waals surface area contributed by atoms with Gasteiger partial charge < -0.3 is 4.74 Å². The standard InChI is InChI=1S/C28H29FN4O2/c1-16(2)27-31-14-18(4)26(32-27)23-12-24(17(3)13-30-23)33-19(5)11-25(20(6)28(33)34)35-15-21-7-9-22(29)10-8-21/h7-14,16H,15H2,1-6H3. The third-order valence-electron chi connectivity index (χ3n) is 5.96. The number of pyridine rings is 2. The van der Waals surface area contributed by atoms with Crippen LogP contribution in [0.2, 0.25) is 0 Å². The molecule has 0 aliphatic rings. The second-order valence-electron chi connectivity index (χ2n) is 9.10. The molecule has 4 rings (SSSR count). The number of aromatic nitrogens is 4. The Balaban J connectivity index is 1.74. The molecule has 7 heteroatoms. The Kier molecular flexibility index (Phi) is 6.78. The number of hydrogen-bond donors (Lipinski definition) is 0. The van der Waals surface area contributed by atoms with Crippen molar-refractivity contribution in [2.24, 2.45) is 0 Å². The summed E-state index contributed by atoms with van der Waals surface area (Å²) >= 11 is 0. The van der Waals surface area contributed by atoms with Gasteiger partial charge in [0.15, 0.2) is 0 Å². The first kappa shape index (κ1) is 24.3. The minimum atomic E-state index is -0.298. The molecule has 0 radical (unpaired) electrons. The van der Waals surface area contributed by atoms with Crippen LogP contribution in [0.15, 0.2) is 53.6 Å². The Hall–Kier alpha value is -3.87. The maximum Gasteiger partial charge on any atom is 0.261 e. The Morgan fingerprint density at radius 1 is 0.971 bits per heavy atom. The number of nitrogens with zero attached hydrogens (tertiary/aromatic N) is 4. The summed E-state index contributed by atoms with van der Waals surface area (Å²) in [5, 5.41) is 0. The molecular weight excluding hydrogens is 443 g/mol. The van der Waals surface area contributed by atoms with Crippen LogP contribution >= 0.6 is 0 Å². The minimum Gasteiger partial charge on any atom is -0.488 e. The van der Waals surface area contributed by atoms with Gasteiger partial charge in [-0.25, -0.2) is 14.4 Å². The summed E-state index contributed by atoms with van der Waals surface area (Å²) in [7, 11) is 0. The highest BCUT2D eigenvalue weighted by Crippen LogP contribution is 2.26. The van der Waals surface area contributed by atoms with Crippen molar-refractivity contribution in [3.8, 4) is 22.8 Å². The van der Waals surface area contributed by atoms with Crippen LogP contribution < -0.4 is 10.3 Å². The van der Waals surface area contributed by atoms with Gasteiger partial charge in [-0.3, -0.25) is 14.3 Å². The lowest BCUT2D eigenvalue weighted by Gasteiger charge is -2.18. The van der Waals surface area contributed by atoms with E-state index in [1.807, 2.05) is 52.9 Å². The third kappa shape index (κ3) is 4.99. The van der Waals surface area contributed by atoms with Crippen LogP contribution in [0.3, 0.4) is 0 Å². The summed E-state index contributed by atoms with van der Waals surface area (Å²) in [6.45, 7) is 11.8. The fourth-order valence-corrected chi connectivity index (χ4v) is 3.86. The van der Waals surface area contributed by atoms with E-state index >= 15 is 0 Å². The summed E-state index contributed by atoms with van der Waals surface area (Å²) in [5.74, 6) is 1.15. The maximum absolute atomic E-state index is 13.5. The van der Waals surface area contributed by atoms with E-state index in [-0.39, 0.29) is 23.9 Å². The van der Waals surface area contributed by atoms with Gasteiger partial charge in [-0.1, -0.05) is 26.0 Å². The van der Waals surface area contributed by atoms with Crippen LogP contribution in [0.5, 0.6) is 5.75 Å². The van der Waals surface area contributed by atoms with Crippen molar-refractivity contribution < 1.29 is 9.13 Å². The second-order valence-corrected chi connectivity index (χ2v) is 9.10. The molecule has 0 N–H and O–H groups in total. The average molecular weight is 473 g/mol. The van der Waals surface area contributed by atoms with Crippen LogP contribution in [0, 0.1) is 33.5 Å². The van der Waals surface area contributed by atoms with Gasteiger partial charge in [0.05, 0.1) is 22.6 Å². The normalized spacial score (nSPS) is 11.2. The summed E-state index contributed by atoms with van der Waals surface area (Å²) in [4.78, 5) is 27.2. The van der Waals surface area contributed by atoms with Crippen molar-refractivity contribution in [2.45, 2.75) is 54.1 Å². The highest BCUT2D eigenvalue weighted by molar-refractivity contribution is 5.62. The monoisotopic (exact) mass is 472 g/mol. The van der Waals surface area contributed by atoms with Crippen molar-refractivity contribution in [2.75, 3.05) is 0 Å². The highest BCUT2D eigenvalue weighted by Gasteiger charge is 2.17. The molecule has 0 aliphatic carbocycles. The van der Waals surface area contributed by atoms with E-state index in [0.29, 0.717) is 17.0 Å². The van der Waals surface area contributed by atoms with Crippen LogP contribution in [-0.4, -0.2) is 19.5 Å². The van der Waals surface area contributed by atoms with Crippen molar-refractivity contribution in [3.63, 3.8) is 0 Å². The fourth-order valence-electron chi connectivity index (χ4n) is 3.86. The van der Waals surface area contributed by atoms with Crippen LogP contribution in [0.25, 0.3) is 17.1 Å². The number of benzene rings is 1. The maximum atomic E-state index is 13.5. The van der Waals surface area contributed by atoms with Crippen molar-refractivity contribution in [1.82, 2.24) is 19.5 Å². The number of aryl methyl sites for hydroxylation is 3. The minimum absolute atomic E-state index is 0.165. The number of hydrogen-bond acceptors (Lipinski definition) is 5. The Labute approximate surface area is 204 Å². The van der Waals surface area contributed by atoms with Crippen molar-refractivity contribution in [3.05, 3.63) is 98.7 Å². The average Bonchev–Trinajstić information content (AvgIpc) is 2.83. The summed E-state index contributed by atoms with van der Waals surface area (Å²) in [6, 6.07) is 9.87. The predicted octanol–water partition coefficient (Wildman–Crippen LogP) is 5.76. The first-order valence-corrected chi connectivity index (χ1v) is 11.6. The molecule has 3 aromatic heterocycles. The number of halogens is 1. The molecular formula is C28H29FN4O2. The van der Waals surface area contributed by atoms with E-state index in [0.717, 1.165) is 39.6 Å². The molecule has 6 nitrogen and oxygen atoms in total. The first-order chi connectivity index (χ1) is 16.7. The molecule has 0 aliphatic heterocycles. The van der Waals surface area contributed by atoms with Crippen molar-refractivity contribution in [1.29, 1.82) is 0 Å². The van der Waals surface area contributed by atoms with Crippen LogP contribution in [0.1, 0.15) is 53.5 Å². The molecule has 0 spiro atoms. The molecule has 0 atom stereocenters. The summed E-state index contributed by atoms with van der Waals surface area (Å²) < 4.78 is 20.8. The molecule has 0 bridgehead atoms. The molecule has 180 valence electrons. The van der Waals surface area contributed by atoms with Crippen LogP contribution in [0.4, 0.5) is 4.39 Å². The van der Waals surface area contributed by atoms with Gasteiger partial charge in [-0.2, -0.15) is 0 Å². The van der Waals surface area contributed by atoms with E-state index < -0.39 is 0 Å². The van der Waals surface area contributed by atoms with Gasteiger partial charge in [0, 0.05) is 30.1 Å². The van der Waals surface area contributed by atoms with Crippen molar-refractivity contribution >= 4 is 0 Å². The van der Waals surface area contributed by atoms with E-state index in [4.69, 9.17) is 9.72 Å².